The minimum atomic E-state index is -0.140. The number of ether oxygens (including phenoxy) is 1. The molecule has 0 unspecified atom stereocenters. The third-order valence-corrected chi connectivity index (χ3v) is 6.64. The van der Waals surface area contributed by atoms with Gasteiger partial charge in [0.1, 0.15) is 11.9 Å². The van der Waals surface area contributed by atoms with Gasteiger partial charge >= 0.3 is 6.03 Å². The number of benzene rings is 1. The van der Waals surface area contributed by atoms with Gasteiger partial charge in [0, 0.05) is 37.9 Å². The van der Waals surface area contributed by atoms with Crippen LogP contribution in [0.4, 0.5) is 10.5 Å². The predicted octanol–water partition coefficient (Wildman–Crippen LogP) is 3.69. The van der Waals surface area contributed by atoms with E-state index in [9.17, 15) is 4.79 Å². The van der Waals surface area contributed by atoms with Crippen LogP contribution in [0.25, 0.3) is 0 Å². The first-order valence-electron chi connectivity index (χ1n) is 11.5. The second kappa shape index (κ2) is 10.3. The minimum Gasteiger partial charge on any atom is -0.490 e. The van der Waals surface area contributed by atoms with E-state index >= 15 is 0 Å². The van der Waals surface area contributed by atoms with Crippen molar-refractivity contribution in [3.05, 3.63) is 24.3 Å². The van der Waals surface area contributed by atoms with Crippen molar-refractivity contribution in [2.75, 3.05) is 44.6 Å². The number of amides is 2. The second-order valence-corrected chi connectivity index (χ2v) is 8.75. The van der Waals surface area contributed by atoms with Gasteiger partial charge in [-0.25, -0.2) is 4.79 Å². The van der Waals surface area contributed by atoms with Crippen LogP contribution in [-0.2, 0) is 0 Å². The number of rotatable bonds is 7. The van der Waals surface area contributed by atoms with Gasteiger partial charge in [0.25, 0.3) is 0 Å². The highest BCUT2D eigenvalue weighted by atomic mass is 16.5. The number of nitrogens with zero attached hydrogens (tertiary/aromatic N) is 2. The molecule has 0 atom stereocenters. The third kappa shape index (κ3) is 6.09. The number of nitrogens with one attached hydrogen (secondary N) is 2. The number of piperidine rings is 2. The number of carbonyl (C=O) groups excluding carboxylic acids is 1. The maximum absolute atomic E-state index is 12.1. The Hall–Kier alpha value is -1.79. The summed E-state index contributed by atoms with van der Waals surface area (Å²) < 4.78 is 6.17. The molecular weight excluding hydrogens is 364 g/mol. The van der Waals surface area contributed by atoms with Gasteiger partial charge in [-0.3, -0.25) is 0 Å². The third-order valence-electron chi connectivity index (χ3n) is 6.64. The van der Waals surface area contributed by atoms with E-state index in [4.69, 9.17) is 4.74 Å². The molecule has 0 radical (unpaired) electrons. The second-order valence-electron chi connectivity index (χ2n) is 8.75. The summed E-state index contributed by atoms with van der Waals surface area (Å²) in [5.41, 5.74) is 0.799. The molecule has 1 saturated carbocycles. The Bertz CT molecular complexity index is 633. The Morgan fingerprint density at radius 1 is 0.931 bits per heavy atom. The van der Waals surface area contributed by atoms with Gasteiger partial charge in [0.05, 0.1) is 0 Å². The van der Waals surface area contributed by atoms with E-state index in [-0.39, 0.29) is 6.03 Å². The highest BCUT2D eigenvalue weighted by Gasteiger charge is 2.29. The van der Waals surface area contributed by atoms with Crippen LogP contribution in [0, 0.1) is 0 Å². The molecule has 0 aromatic heterocycles. The molecule has 160 valence electrons. The molecular formula is C23H36N4O2. The van der Waals surface area contributed by atoms with Gasteiger partial charge in [-0.05, 0) is 75.9 Å². The smallest absolute Gasteiger partial charge is 0.319 e. The van der Waals surface area contributed by atoms with E-state index in [1.165, 1.54) is 38.5 Å². The molecule has 1 aromatic carbocycles. The van der Waals surface area contributed by atoms with Crippen LogP contribution in [0.1, 0.15) is 51.4 Å². The SMILES string of the molecule is O=C(NCCN1CCCCC1)Nc1ccc(OC2CCN(C3CCC3)CC2)cc1. The van der Waals surface area contributed by atoms with Crippen LogP contribution in [0.15, 0.2) is 24.3 Å². The predicted molar refractivity (Wildman–Crippen MR) is 117 cm³/mol. The number of carbonyl (C=O) groups is 1. The van der Waals surface area contributed by atoms with Gasteiger partial charge in [0.2, 0.25) is 0 Å². The van der Waals surface area contributed by atoms with Crippen molar-refractivity contribution in [3.63, 3.8) is 0 Å². The van der Waals surface area contributed by atoms with Gasteiger partial charge in [-0.15, -0.1) is 0 Å². The molecule has 4 rings (SSSR count). The zero-order valence-electron chi connectivity index (χ0n) is 17.6. The minimum absolute atomic E-state index is 0.140. The number of anilines is 1. The lowest BCUT2D eigenvalue weighted by atomic mass is 9.90. The lowest BCUT2D eigenvalue weighted by molar-refractivity contribution is 0.0493. The van der Waals surface area contributed by atoms with E-state index in [2.05, 4.69) is 20.4 Å². The average molecular weight is 401 g/mol. The van der Waals surface area contributed by atoms with Crippen molar-refractivity contribution in [3.8, 4) is 5.75 Å². The van der Waals surface area contributed by atoms with Crippen LogP contribution in [0.3, 0.4) is 0 Å². The van der Waals surface area contributed by atoms with Crippen molar-refractivity contribution in [1.82, 2.24) is 15.1 Å². The summed E-state index contributed by atoms with van der Waals surface area (Å²) in [5, 5.41) is 5.86. The summed E-state index contributed by atoms with van der Waals surface area (Å²) in [7, 11) is 0. The van der Waals surface area contributed by atoms with Crippen molar-refractivity contribution in [1.29, 1.82) is 0 Å². The zero-order chi connectivity index (χ0) is 19.9. The van der Waals surface area contributed by atoms with Crippen molar-refractivity contribution < 1.29 is 9.53 Å². The van der Waals surface area contributed by atoms with Gasteiger partial charge < -0.3 is 25.2 Å². The summed E-state index contributed by atoms with van der Waals surface area (Å²) in [6.45, 7) is 6.25. The van der Waals surface area contributed by atoms with Crippen LogP contribution >= 0.6 is 0 Å². The molecule has 3 fully saturated rings. The Labute approximate surface area is 175 Å². The number of hydrogen-bond donors (Lipinski definition) is 2. The monoisotopic (exact) mass is 400 g/mol. The van der Waals surface area contributed by atoms with Crippen LogP contribution in [-0.4, -0.2) is 67.2 Å². The molecule has 6 nitrogen and oxygen atoms in total. The fourth-order valence-electron chi connectivity index (χ4n) is 4.61. The quantitative estimate of drug-likeness (QED) is 0.733. The molecule has 6 heteroatoms. The van der Waals surface area contributed by atoms with E-state index < -0.39 is 0 Å². The molecule has 3 aliphatic rings. The topological polar surface area (TPSA) is 56.8 Å². The molecule has 2 heterocycles. The fourth-order valence-corrected chi connectivity index (χ4v) is 4.61. The standard InChI is InChI=1S/C23H36N4O2/c28-23(24-13-18-26-14-2-1-3-15-26)25-19-7-9-21(10-8-19)29-22-11-16-27(17-12-22)20-5-4-6-20/h7-10,20,22H,1-6,11-18H2,(H2,24,25,28). The molecule has 2 saturated heterocycles. The van der Waals surface area contributed by atoms with Crippen LogP contribution in [0.5, 0.6) is 5.75 Å². The first-order chi connectivity index (χ1) is 14.3. The molecule has 2 aliphatic heterocycles. The van der Waals surface area contributed by atoms with E-state index in [0.29, 0.717) is 12.6 Å². The van der Waals surface area contributed by atoms with Gasteiger partial charge in [-0.1, -0.05) is 12.8 Å². The van der Waals surface area contributed by atoms with E-state index in [1.54, 1.807) is 0 Å². The van der Waals surface area contributed by atoms with Crippen molar-refractivity contribution in [2.24, 2.45) is 0 Å². The summed E-state index contributed by atoms with van der Waals surface area (Å²) in [4.78, 5) is 17.2. The van der Waals surface area contributed by atoms with Gasteiger partial charge in [0.15, 0.2) is 0 Å². The van der Waals surface area contributed by atoms with E-state index in [1.807, 2.05) is 24.3 Å². The zero-order valence-corrected chi connectivity index (χ0v) is 17.6. The van der Waals surface area contributed by atoms with Crippen molar-refractivity contribution in [2.45, 2.75) is 63.5 Å². The average Bonchev–Trinajstić information content (AvgIpc) is 2.70. The van der Waals surface area contributed by atoms with Crippen molar-refractivity contribution >= 4 is 11.7 Å². The largest absolute Gasteiger partial charge is 0.490 e. The molecule has 0 bridgehead atoms. The lowest BCUT2D eigenvalue weighted by Gasteiger charge is -2.41. The first kappa shape index (κ1) is 20.5. The molecule has 2 N–H and O–H groups in total. The first-order valence-corrected chi connectivity index (χ1v) is 11.5. The Balaban J connectivity index is 1.14. The summed E-state index contributed by atoms with van der Waals surface area (Å²) in [6.07, 6.45) is 10.6. The molecule has 2 amide bonds. The Morgan fingerprint density at radius 3 is 2.31 bits per heavy atom. The summed E-state index contributed by atoms with van der Waals surface area (Å²) >= 11 is 0. The molecule has 0 spiro atoms. The maximum atomic E-state index is 12.1. The highest BCUT2D eigenvalue weighted by Crippen LogP contribution is 2.28. The fraction of sp³-hybridized carbons (Fsp3) is 0.696. The molecule has 29 heavy (non-hydrogen) atoms. The van der Waals surface area contributed by atoms with Crippen LogP contribution in [0.2, 0.25) is 0 Å². The summed E-state index contributed by atoms with van der Waals surface area (Å²) in [6, 6.07) is 8.46. The number of hydrogen-bond acceptors (Lipinski definition) is 4. The highest BCUT2D eigenvalue weighted by molar-refractivity contribution is 5.89. The lowest BCUT2D eigenvalue weighted by Crippen LogP contribution is -2.46. The Morgan fingerprint density at radius 2 is 1.66 bits per heavy atom. The van der Waals surface area contributed by atoms with E-state index in [0.717, 1.165) is 63.0 Å². The summed E-state index contributed by atoms with van der Waals surface area (Å²) in [5.74, 6) is 0.892. The van der Waals surface area contributed by atoms with Crippen LogP contribution < -0.4 is 15.4 Å². The van der Waals surface area contributed by atoms with Gasteiger partial charge in [-0.2, -0.15) is 0 Å². The Kier molecular flexibility index (Phi) is 7.28. The number of urea groups is 1. The maximum Gasteiger partial charge on any atom is 0.319 e. The number of likely N-dealkylation sites (tertiary alicyclic amines) is 2. The normalized spacial score (nSPS) is 22.1. The molecule has 1 aliphatic carbocycles. The molecule has 1 aromatic rings.